The van der Waals surface area contributed by atoms with Crippen LogP contribution in [0.3, 0.4) is 0 Å². The van der Waals surface area contributed by atoms with Gasteiger partial charge in [-0.3, -0.25) is 9.69 Å². The summed E-state index contributed by atoms with van der Waals surface area (Å²) in [5, 5.41) is 7.16. The molecule has 158 valence electrons. The molecule has 5 rings (SSSR count). The SMILES string of the molecule is O=C1NC2CC(c3nc(-c4cccc(Br)c4)no3)CCC2C(=O)N1Cc1ccccc1. The minimum absolute atomic E-state index is 0.0171. The number of aromatic nitrogens is 2. The van der Waals surface area contributed by atoms with Crippen LogP contribution < -0.4 is 5.32 Å². The normalized spacial score (nSPS) is 23.4. The van der Waals surface area contributed by atoms with E-state index in [9.17, 15) is 9.59 Å². The highest BCUT2D eigenvalue weighted by atomic mass is 79.9. The number of carbonyl (C=O) groups is 2. The van der Waals surface area contributed by atoms with E-state index in [2.05, 4.69) is 31.4 Å². The molecule has 2 fully saturated rings. The van der Waals surface area contributed by atoms with E-state index in [1.165, 1.54) is 4.90 Å². The van der Waals surface area contributed by atoms with Gasteiger partial charge in [0.25, 0.3) is 0 Å². The van der Waals surface area contributed by atoms with Crippen LogP contribution >= 0.6 is 15.9 Å². The van der Waals surface area contributed by atoms with Crippen molar-refractivity contribution >= 4 is 27.9 Å². The molecule has 31 heavy (non-hydrogen) atoms. The molecule has 1 N–H and O–H groups in total. The summed E-state index contributed by atoms with van der Waals surface area (Å²) in [7, 11) is 0. The van der Waals surface area contributed by atoms with Gasteiger partial charge in [0, 0.05) is 22.0 Å². The number of urea groups is 1. The van der Waals surface area contributed by atoms with Crippen molar-refractivity contribution in [1.29, 1.82) is 0 Å². The molecule has 3 aromatic rings. The number of amides is 3. The second-order valence-corrected chi connectivity index (χ2v) is 8.96. The van der Waals surface area contributed by atoms with E-state index in [1.54, 1.807) is 0 Å². The first kappa shape index (κ1) is 19.9. The van der Waals surface area contributed by atoms with Crippen molar-refractivity contribution in [3.8, 4) is 11.4 Å². The summed E-state index contributed by atoms with van der Waals surface area (Å²) in [4.78, 5) is 31.6. The number of halogens is 1. The van der Waals surface area contributed by atoms with Gasteiger partial charge in [-0.2, -0.15) is 4.98 Å². The summed E-state index contributed by atoms with van der Waals surface area (Å²) >= 11 is 3.46. The first-order valence-corrected chi connectivity index (χ1v) is 11.1. The molecule has 1 aliphatic carbocycles. The third kappa shape index (κ3) is 3.99. The van der Waals surface area contributed by atoms with Gasteiger partial charge in [-0.05, 0) is 37.0 Å². The highest BCUT2D eigenvalue weighted by Crippen LogP contribution is 2.38. The topological polar surface area (TPSA) is 88.3 Å². The molecule has 3 atom stereocenters. The molecule has 2 heterocycles. The first-order chi connectivity index (χ1) is 15.1. The maximum atomic E-state index is 13.0. The summed E-state index contributed by atoms with van der Waals surface area (Å²) in [6.07, 6.45) is 2.05. The Morgan fingerprint density at radius 2 is 1.94 bits per heavy atom. The molecule has 1 saturated heterocycles. The number of imide groups is 1. The number of carbonyl (C=O) groups excluding carboxylic acids is 2. The van der Waals surface area contributed by atoms with Crippen molar-refractivity contribution in [3.05, 3.63) is 70.5 Å². The second-order valence-electron chi connectivity index (χ2n) is 8.05. The van der Waals surface area contributed by atoms with E-state index in [1.807, 2.05) is 54.6 Å². The fourth-order valence-electron chi connectivity index (χ4n) is 4.45. The van der Waals surface area contributed by atoms with E-state index in [0.29, 0.717) is 24.6 Å². The van der Waals surface area contributed by atoms with E-state index in [0.717, 1.165) is 22.0 Å². The number of fused-ring (bicyclic) bond motifs is 1. The average molecular weight is 481 g/mol. The molecule has 2 aromatic carbocycles. The highest BCUT2D eigenvalue weighted by Gasteiger charge is 2.45. The highest BCUT2D eigenvalue weighted by molar-refractivity contribution is 9.10. The van der Waals surface area contributed by atoms with Gasteiger partial charge in [-0.25, -0.2) is 4.79 Å². The van der Waals surface area contributed by atoms with Crippen LogP contribution in [-0.4, -0.2) is 33.0 Å². The minimum atomic E-state index is -0.337. The summed E-state index contributed by atoms with van der Waals surface area (Å²) < 4.78 is 6.49. The Morgan fingerprint density at radius 3 is 2.74 bits per heavy atom. The molecular weight excluding hydrogens is 460 g/mol. The van der Waals surface area contributed by atoms with Crippen LogP contribution in [0.2, 0.25) is 0 Å². The molecule has 0 bridgehead atoms. The Hall–Kier alpha value is -3.00. The van der Waals surface area contributed by atoms with Crippen LogP contribution in [0.25, 0.3) is 11.4 Å². The average Bonchev–Trinajstić information content (AvgIpc) is 3.27. The maximum Gasteiger partial charge on any atom is 0.324 e. The molecule has 3 amide bonds. The van der Waals surface area contributed by atoms with Crippen LogP contribution in [0, 0.1) is 5.92 Å². The third-order valence-electron chi connectivity index (χ3n) is 6.04. The monoisotopic (exact) mass is 480 g/mol. The fourth-order valence-corrected chi connectivity index (χ4v) is 4.85. The van der Waals surface area contributed by atoms with Crippen LogP contribution in [0.1, 0.15) is 36.6 Å². The Bertz CT molecular complexity index is 1120. The zero-order valence-electron chi connectivity index (χ0n) is 16.7. The zero-order chi connectivity index (χ0) is 21.4. The van der Waals surface area contributed by atoms with Gasteiger partial charge in [0.05, 0.1) is 12.5 Å². The van der Waals surface area contributed by atoms with Crippen molar-refractivity contribution in [2.45, 2.75) is 37.8 Å². The summed E-state index contributed by atoms with van der Waals surface area (Å²) in [5.41, 5.74) is 1.81. The Morgan fingerprint density at radius 1 is 1.10 bits per heavy atom. The standard InChI is InChI=1S/C23H21BrN4O3/c24-17-8-4-7-15(11-17)20-26-21(31-27-20)16-9-10-18-19(12-16)25-23(30)28(22(18)29)13-14-5-2-1-3-6-14/h1-8,11,16,18-19H,9-10,12-13H2,(H,25,30). The first-order valence-electron chi connectivity index (χ1n) is 10.3. The van der Waals surface area contributed by atoms with Gasteiger partial charge >= 0.3 is 6.03 Å². The Labute approximate surface area is 188 Å². The van der Waals surface area contributed by atoms with Crippen molar-refractivity contribution in [2.75, 3.05) is 0 Å². The lowest BCUT2D eigenvalue weighted by atomic mass is 9.76. The largest absolute Gasteiger partial charge is 0.339 e. The molecule has 7 nitrogen and oxygen atoms in total. The predicted molar refractivity (Wildman–Crippen MR) is 117 cm³/mol. The van der Waals surface area contributed by atoms with Gasteiger partial charge in [-0.15, -0.1) is 0 Å². The minimum Gasteiger partial charge on any atom is -0.339 e. The smallest absolute Gasteiger partial charge is 0.324 e. The van der Waals surface area contributed by atoms with Crippen LogP contribution in [0.15, 0.2) is 63.6 Å². The van der Waals surface area contributed by atoms with Gasteiger partial charge in [0.2, 0.25) is 17.6 Å². The molecule has 3 unspecified atom stereocenters. The molecule has 8 heteroatoms. The van der Waals surface area contributed by atoms with Crippen LogP contribution in [0.5, 0.6) is 0 Å². The quantitative estimate of drug-likeness (QED) is 0.593. The van der Waals surface area contributed by atoms with Gasteiger partial charge < -0.3 is 9.84 Å². The molecule has 1 aliphatic heterocycles. The number of nitrogens with one attached hydrogen (secondary N) is 1. The zero-order valence-corrected chi connectivity index (χ0v) is 18.3. The molecule has 0 radical (unpaired) electrons. The third-order valence-corrected chi connectivity index (χ3v) is 6.54. The molecule has 2 aliphatic rings. The van der Waals surface area contributed by atoms with E-state index in [-0.39, 0.29) is 36.4 Å². The van der Waals surface area contributed by atoms with Gasteiger partial charge in [0.15, 0.2) is 0 Å². The Kier molecular flexibility index (Phi) is 5.31. The number of rotatable bonds is 4. The Balaban J connectivity index is 1.29. The van der Waals surface area contributed by atoms with Crippen LogP contribution in [-0.2, 0) is 11.3 Å². The van der Waals surface area contributed by atoms with Crippen molar-refractivity contribution in [3.63, 3.8) is 0 Å². The van der Waals surface area contributed by atoms with Crippen molar-refractivity contribution < 1.29 is 14.1 Å². The summed E-state index contributed by atoms with van der Waals surface area (Å²) in [6, 6.07) is 16.7. The maximum absolute atomic E-state index is 13.0. The van der Waals surface area contributed by atoms with Gasteiger partial charge in [-0.1, -0.05) is 63.6 Å². The lowest BCUT2D eigenvalue weighted by Crippen LogP contribution is -2.60. The van der Waals surface area contributed by atoms with E-state index >= 15 is 0 Å². The second kappa shape index (κ2) is 8.26. The number of hydrogen-bond acceptors (Lipinski definition) is 5. The predicted octanol–water partition coefficient (Wildman–Crippen LogP) is 4.50. The van der Waals surface area contributed by atoms with Gasteiger partial charge in [0.1, 0.15) is 0 Å². The number of benzene rings is 2. The van der Waals surface area contributed by atoms with Crippen molar-refractivity contribution in [1.82, 2.24) is 20.4 Å². The molecule has 1 aromatic heterocycles. The number of hydrogen-bond donors (Lipinski definition) is 1. The van der Waals surface area contributed by atoms with E-state index in [4.69, 9.17) is 4.52 Å². The lowest BCUT2D eigenvalue weighted by molar-refractivity contribution is -0.137. The van der Waals surface area contributed by atoms with E-state index < -0.39 is 0 Å². The number of nitrogens with zero attached hydrogens (tertiary/aromatic N) is 3. The molecule has 1 saturated carbocycles. The summed E-state index contributed by atoms with van der Waals surface area (Å²) in [6.45, 7) is 0.289. The molecule has 0 spiro atoms. The molecular formula is C23H21BrN4O3. The fraction of sp³-hybridized carbons (Fsp3) is 0.304. The summed E-state index contributed by atoms with van der Waals surface area (Å²) in [5.74, 6) is 0.794. The lowest BCUT2D eigenvalue weighted by Gasteiger charge is -2.41. The van der Waals surface area contributed by atoms with Crippen LogP contribution in [0.4, 0.5) is 4.79 Å². The van der Waals surface area contributed by atoms with Crippen molar-refractivity contribution in [2.24, 2.45) is 5.92 Å².